The molecular weight excluding hydrogens is 596 g/mol. The zero-order valence-corrected chi connectivity index (χ0v) is 28.2. The summed E-state index contributed by atoms with van der Waals surface area (Å²) >= 11 is 0. The number of nitrogens with zero attached hydrogens (tertiary/aromatic N) is 4. The van der Waals surface area contributed by atoms with Crippen LogP contribution >= 0.6 is 0 Å². The smallest absolute Gasteiger partial charge is 0.253 e. The number of rotatable bonds is 10. The summed E-state index contributed by atoms with van der Waals surface area (Å²) in [6, 6.07) is 5.71. The fourth-order valence-corrected chi connectivity index (χ4v) is 6.27. The van der Waals surface area contributed by atoms with E-state index in [1.165, 1.54) is 6.21 Å². The van der Waals surface area contributed by atoms with Gasteiger partial charge in [-0.3, -0.25) is 24.0 Å². The molecule has 47 heavy (non-hydrogen) atoms. The minimum Gasteiger partial charge on any atom is -0.382 e. The first kappa shape index (κ1) is 34.1. The molecule has 12 nitrogen and oxygen atoms in total. The van der Waals surface area contributed by atoms with Crippen molar-refractivity contribution in [3.63, 3.8) is 0 Å². The van der Waals surface area contributed by atoms with E-state index < -0.39 is 5.41 Å². The molecule has 0 aliphatic carbocycles. The first-order valence-electron chi connectivity index (χ1n) is 16.5. The molecule has 2 aromatic heterocycles. The first-order valence-corrected chi connectivity index (χ1v) is 16.5. The number of aryl methyl sites for hydroxylation is 2. The molecule has 2 aliphatic heterocycles. The normalized spacial score (nSPS) is 16.2. The number of carbonyl (C=O) groups excluding carboxylic acids is 2. The van der Waals surface area contributed by atoms with Gasteiger partial charge in [0.2, 0.25) is 5.91 Å². The number of H-pyrrole nitrogens is 1. The van der Waals surface area contributed by atoms with Gasteiger partial charge in [0.15, 0.2) is 0 Å². The predicted molar refractivity (Wildman–Crippen MR) is 183 cm³/mol. The van der Waals surface area contributed by atoms with Crippen LogP contribution in [-0.4, -0.2) is 94.6 Å². The number of hydrogen-bond donors (Lipinski definition) is 4. The van der Waals surface area contributed by atoms with Crippen LogP contribution in [0.3, 0.4) is 0 Å². The van der Waals surface area contributed by atoms with Gasteiger partial charge in [0.05, 0.1) is 31.5 Å². The van der Waals surface area contributed by atoms with Gasteiger partial charge >= 0.3 is 0 Å². The summed E-state index contributed by atoms with van der Waals surface area (Å²) in [5.41, 5.74) is 4.53. The van der Waals surface area contributed by atoms with Gasteiger partial charge in [-0.2, -0.15) is 5.10 Å². The van der Waals surface area contributed by atoms with E-state index >= 15 is 0 Å². The highest BCUT2D eigenvalue weighted by molar-refractivity contribution is 6.06. The summed E-state index contributed by atoms with van der Waals surface area (Å²) in [5.74, 6) is -0.233. The minimum atomic E-state index is -0.432. The number of benzene rings is 1. The number of aromatic amines is 1. The van der Waals surface area contributed by atoms with Crippen molar-refractivity contribution in [3.05, 3.63) is 68.9 Å². The molecule has 0 bridgehead atoms. The average molecular weight is 645 g/mol. The Balaban J connectivity index is 1.40. The molecule has 3 aromatic rings. The molecule has 0 spiro atoms. The second-order valence-corrected chi connectivity index (χ2v) is 13.7. The topological polar surface area (TPSA) is 148 Å². The third-order valence-electron chi connectivity index (χ3n) is 8.99. The van der Waals surface area contributed by atoms with Gasteiger partial charge in [-0.15, -0.1) is 0 Å². The lowest BCUT2D eigenvalue weighted by molar-refractivity contribution is -0.140. The second kappa shape index (κ2) is 14.6. The number of carbonyl (C=O) groups is 2. The van der Waals surface area contributed by atoms with Crippen LogP contribution in [0, 0.1) is 24.7 Å². The van der Waals surface area contributed by atoms with E-state index in [-0.39, 0.29) is 30.0 Å². The standard InChI is InChI=1S/C35H48N8O4/c1-23-16-24(2)39-33(45)30(23)21-37-32(44)28-17-25(26-20-38-43(22-26)11-10-41-12-14-47-15-13-41)18-31(29(28)19-36)40-27-6-8-42(9-7-27)34(46)35(3,4)5/h16-20,22,27,36,40H,6-15,21H2,1-5H3,(H,37,44)(H,39,45). The third-order valence-corrected chi connectivity index (χ3v) is 8.99. The lowest BCUT2D eigenvalue weighted by Gasteiger charge is -2.36. The molecule has 2 aliphatic rings. The van der Waals surface area contributed by atoms with Crippen LogP contribution in [0.2, 0.25) is 0 Å². The molecule has 5 rings (SSSR count). The van der Waals surface area contributed by atoms with Gasteiger partial charge in [-0.25, -0.2) is 0 Å². The monoisotopic (exact) mass is 644 g/mol. The predicted octanol–water partition coefficient (Wildman–Crippen LogP) is 3.56. The van der Waals surface area contributed by atoms with Crippen molar-refractivity contribution in [2.24, 2.45) is 5.41 Å². The Morgan fingerprint density at radius 1 is 1.06 bits per heavy atom. The van der Waals surface area contributed by atoms with Crippen molar-refractivity contribution in [1.82, 2.24) is 29.9 Å². The van der Waals surface area contributed by atoms with Crippen LogP contribution in [0.15, 0.2) is 35.4 Å². The van der Waals surface area contributed by atoms with Crippen LogP contribution in [0.25, 0.3) is 11.1 Å². The first-order chi connectivity index (χ1) is 22.4. The Hall–Kier alpha value is -4.29. The number of amides is 2. The highest BCUT2D eigenvalue weighted by Gasteiger charge is 2.31. The number of ether oxygens (including phenoxy) is 1. The van der Waals surface area contributed by atoms with Gasteiger partial charge < -0.3 is 30.7 Å². The Kier molecular flexibility index (Phi) is 10.6. The van der Waals surface area contributed by atoms with Crippen molar-refractivity contribution in [2.75, 3.05) is 51.3 Å². The molecule has 0 atom stereocenters. The van der Waals surface area contributed by atoms with E-state index in [1.807, 2.05) is 62.5 Å². The molecule has 12 heteroatoms. The SMILES string of the molecule is Cc1cc(C)c(CNC(=O)c2cc(-c3cnn(CCN4CCOCC4)c3)cc(NC3CCN(C(=O)C(C)(C)C)CC3)c2C=N)c(=O)[nH]1. The maximum Gasteiger partial charge on any atom is 0.253 e. The Labute approximate surface area is 276 Å². The number of aromatic nitrogens is 3. The molecule has 252 valence electrons. The van der Waals surface area contributed by atoms with Gasteiger partial charge in [0.25, 0.3) is 11.5 Å². The summed E-state index contributed by atoms with van der Waals surface area (Å²) in [5, 5.41) is 19.5. The van der Waals surface area contributed by atoms with E-state index in [1.54, 1.807) is 12.3 Å². The number of anilines is 1. The van der Waals surface area contributed by atoms with Gasteiger partial charge in [-0.1, -0.05) is 20.8 Å². The van der Waals surface area contributed by atoms with Gasteiger partial charge in [0, 0.05) is 91.2 Å². The van der Waals surface area contributed by atoms with Crippen molar-refractivity contribution >= 4 is 23.7 Å². The van der Waals surface area contributed by atoms with Crippen LogP contribution in [-0.2, 0) is 22.6 Å². The van der Waals surface area contributed by atoms with E-state index in [2.05, 4.69) is 25.6 Å². The molecule has 4 heterocycles. The molecule has 2 saturated heterocycles. The summed E-state index contributed by atoms with van der Waals surface area (Å²) in [7, 11) is 0. The number of nitrogens with one attached hydrogen (secondary N) is 4. The largest absolute Gasteiger partial charge is 0.382 e. The van der Waals surface area contributed by atoms with Crippen molar-refractivity contribution in [3.8, 4) is 11.1 Å². The lowest BCUT2D eigenvalue weighted by Crippen LogP contribution is -2.46. The Bertz CT molecular complexity index is 1660. The molecule has 4 N–H and O–H groups in total. The summed E-state index contributed by atoms with van der Waals surface area (Å²) in [4.78, 5) is 46.3. The number of pyridine rings is 1. The molecule has 0 radical (unpaired) electrons. The number of morpholine rings is 1. The highest BCUT2D eigenvalue weighted by atomic mass is 16.5. The van der Waals surface area contributed by atoms with E-state index in [4.69, 9.17) is 10.1 Å². The third kappa shape index (κ3) is 8.36. The van der Waals surface area contributed by atoms with Crippen LogP contribution < -0.4 is 16.2 Å². The van der Waals surface area contributed by atoms with Crippen LogP contribution in [0.5, 0.6) is 0 Å². The average Bonchev–Trinajstić information content (AvgIpc) is 3.52. The number of hydrogen-bond acceptors (Lipinski definition) is 8. The zero-order valence-electron chi connectivity index (χ0n) is 28.2. The maximum atomic E-state index is 13.8. The Morgan fingerprint density at radius 3 is 2.45 bits per heavy atom. The van der Waals surface area contributed by atoms with Crippen molar-refractivity contribution in [2.45, 2.75) is 66.6 Å². The summed E-state index contributed by atoms with van der Waals surface area (Å²) in [6.45, 7) is 15.7. The maximum absolute atomic E-state index is 13.8. The van der Waals surface area contributed by atoms with E-state index in [0.717, 1.165) is 74.6 Å². The van der Waals surface area contributed by atoms with Crippen molar-refractivity contribution in [1.29, 1.82) is 5.41 Å². The van der Waals surface area contributed by atoms with Gasteiger partial charge in [-0.05, 0) is 56.0 Å². The zero-order chi connectivity index (χ0) is 33.7. The van der Waals surface area contributed by atoms with Crippen LogP contribution in [0.4, 0.5) is 5.69 Å². The molecule has 2 fully saturated rings. The molecule has 1 aromatic carbocycles. The van der Waals surface area contributed by atoms with E-state index in [9.17, 15) is 14.4 Å². The van der Waals surface area contributed by atoms with E-state index in [0.29, 0.717) is 35.5 Å². The molecule has 0 saturated carbocycles. The number of piperidine rings is 1. The summed E-state index contributed by atoms with van der Waals surface area (Å²) < 4.78 is 7.38. The molecular formula is C35H48N8O4. The second-order valence-electron chi connectivity index (χ2n) is 13.7. The fraction of sp³-hybridized carbons (Fsp3) is 0.514. The fourth-order valence-electron chi connectivity index (χ4n) is 6.27. The lowest BCUT2D eigenvalue weighted by atomic mass is 9.92. The van der Waals surface area contributed by atoms with Gasteiger partial charge in [0.1, 0.15) is 0 Å². The summed E-state index contributed by atoms with van der Waals surface area (Å²) in [6.07, 6.45) is 6.49. The number of likely N-dealkylation sites (tertiary alicyclic amines) is 1. The van der Waals surface area contributed by atoms with Crippen LogP contribution in [0.1, 0.15) is 66.4 Å². The quantitative estimate of drug-likeness (QED) is 0.247. The van der Waals surface area contributed by atoms with Crippen molar-refractivity contribution < 1.29 is 14.3 Å². The minimum absolute atomic E-state index is 0.0600. The highest BCUT2D eigenvalue weighted by Crippen LogP contribution is 2.31. The Morgan fingerprint density at radius 2 is 1.79 bits per heavy atom. The molecule has 0 unspecified atom stereocenters. The molecule has 2 amide bonds.